The zero-order valence-electron chi connectivity index (χ0n) is 9.84. The Kier molecular flexibility index (Phi) is 3.92. The first kappa shape index (κ1) is 13.6. The highest BCUT2D eigenvalue weighted by molar-refractivity contribution is 6.31. The zero-order valence-corrected chi connectivity index (χ0v) is 10.6. The van der Waals surface area contributed by atoms with Crippen LogP contribution < -0.4 is 0 Å². The summed E-state index contributed by atoms with van der Waals surface area (Å²) in [6.45, 7) is 0.0891. The van der Waals surface area contributed by atoms with Gasteiger partial charge in [-0.3, -0.25) is 9.89 Å². The fourth-order valence-corrected chi connectivity index (χ4v) is 1.81. The molecule has 0 fully saturated rings. The van der Waals surface area contributed by atoms with Gasteiger partial charge in [-0.2, -0.15) is 5.10 Å². The van der Waals surface area contributed by atoms with Crippen molar-refractivity contribution in [2.45, 2.75) is 6.61 Å². The monoisotopic (exact) mass is 286 g/mol. The lowest BCUT2D eigenvalue weighted by Crippen LogP contribution is -1.95. The molecule has 0 radical (unpaired) electrons. The Morgan fingerprint density at radius 1 is 1.42 bits per heavy atom. The van der Waals surface area contributed by atoms with Gasteiger partial charge >= 0.3 is 0 Å². The maximum Gasteiger partial charge on any atom is 0.168 e. The summed E-state index contributed by atoms with van der Waals surface area (Å²) in [4.78, 5) is 10.8. The number of methoxy groups -OCH3 is 1. The van der Waals surface area contributed by atoms with Crippen molar-refractivity contribution in [1.29, 1.82) is 0 Å². The van der Waals surface area contributed by atoms with Crippen LogP contribution in [-0.4, -0.2) is 23.6 Å². The molecule has 1 heterocycles. The number of rotatable bonds is 4. The van der Waals surface area contributed by atoms with Crippen LogP contribution in [0.15, 0.2) is 12.1 Å². The minimum atomic E-state index is -0.893. The Morgan fingerprint density at radius 2 is 2.05 bits per heavy atom. The summed E-state index contributed by atoms with van der Waals surface area (Å²) in [6, 6.07) is 2.10. The Balaban J connectivity index is 2.58. The van der Waals surface area contributed by atoms with Gasteiger partial charge < -0.3 is 4.74 Å². The van der Waals surface area contributed by atoms with Crippen LogP contribution in [0.2, 0.25) is 5.02 Å². The smallest absolute Gasteiger partial charge is 0.168 e. The maximum absolute atomic E-state index is 13.4. The number of carbonyl (C=O) groups is 1. The van der Waals surface area contributed by atoms with E-state index < -0.39 is 16.7 Å². The van der Waals surface area contributed by atoms with E-state index in [4.69, 9.17) is 16.3 Å². The van der Waals surface area contributed by atoms with E-state index >= 15 is 0 Å². The number of aromatic amines is 1. The average molecular weight is 287 g/mol. The molecule has 0 spiro atoms. The molecule has 19 heavy (non-hydrogen) atoms. The van der Waals surface area contributed by atoms with Crippen molar-refractivity contribution in [3.8, 4) is 11.3 Å². The predicted octanol–water partition coefficient (Wildman–Crippen LogP) is 2.97. The molecule has 1 aromatic heterocycles. The molecule has 1 aromatic carbocycles. The van der Waals surface area contributed by atoms with Gasteiger partial charge in [0.1, 0.15) is 22.4 Å². The van der Waals surface area contributed by atoms with Gasteiger partial charge in [-0.15, -0.1) is 0 Å². The summed E-state index contributed by atoms with van der Waals surface area (Å²) < 4.78 is 31.8. The van der Waals surface area contributed by atoms with E-state index in [2.05, 4.69) is 10.2 Å². The lowest BCUT2D eigenvalue weighted by Gasteiger charge is -2.04. The molecule has 0 bridgehead atoms. The van der Waals surface area contributed by atoms with Crippen LogP contribution in [0.4, 0.5) is 8.78 Å². The predicted molar refractivity (Wildman–Crippen MR) is 65.1 cm³/mol. The lowest BCUT2D eigenvalue weighted by atomic mass is 10.1. The van der Waals surface area contributed by atoms with Crippen molar-refractivity contribution in [3.05, 3.63) is 40.0 Å². The minimum Gasteiger partial charge on any atom is -0.380 e. The maximum atomic E-state index is 13.4. The van der Waals surface area contributed by atoms with Gasteiger partial charge in [0.15, 0.2) is 6.29 Å². The van der Waals surface area contributed by atoms with Gasteiger partial charge in [-0.1, -0.05) is 11.6 Å². The van der Waals surface area contributed by atoms with Crippen LogP contribution in [-0.2, 0) is 11.3 Å². The van der Waals surface area contributed by atoms with Gasteiger partial charge in [0.05, 0.1) is 12.3 Å². The van der Waals surface area contributed by atoms with E-state index in [1.54, 1.807) is 0 Å². The summed E-state index contributed by atoms with van der Waals surface area (Å²) in [5, 5.41) is 5.78. The Morgan fingerprint density at radius 3 is 2.58 bits per heavy atom. The number of H-pyrrole nitrogens is 1. The molecule has 0 saturated heterocycles. The largest absolute Gasteiger partial charge is 0.380 e. The molecule has 0 aliphatic heterocycles. The normalized spacial score (nSPS) is 10.7. The van der Waals surface area contributed by atoms with E-state index in [0.717, 1.165) is 12.1 Å². The summed E-state index contributed by atoms with van der Waals surface area (Å²) in [6.07, 6.45) is 0.563. The van der Waals surface area contributed by atoms with Crippen molar-refractivity contribution in [3.63, 3.8) is 0 Å². The number of ether oxygens (including phenoxy) is 1. The number of halogens is 3. The second-order valence-corrected chi connectivity index (χ2v) is 4.15. The lowest BCUT2D eigenvalue weighted by molar-refractivity contribution is 0.111. The van der Waals surface area contributed by atoms with Crippen LogP contribution in [0, 0.1) is 11.6 Å². The van der Waals surface area contributed by atoms with E-state index in [1.165, 1.54) is 7.11 Å². The van der Waals surface area contributed by atoms with E-state index in [1.807, 2.05) is 0 Å². The molecule has 4 nitrogen and oxygen atoms in total. The molecule has 0 unspecified atom stereocenters. The average Bonchev–Trinajstić information content (AvgIpc) is 2.79. The standard InChI is InChI=1S/C12H9ClF2N2O2/c1-19-5-7-10(4-18)16-17-12(7)6-2-8(14)11(13)9(15)3-6/h2-4H,5H2,1H3,(H,16,17). The van der Waals surface area contributed by atoms with Gasteiger partial charge in [0, 0.05) is 18.2 Å². The number of carbonyl (C=O) groups excluding carboxylic acids is 1. The van der Waals surface area contributed by atoms with Crippen LogP contribution in [0.25, 0.3) is 11.3 Å². The Hall–Kier alpha value is -1.79. The van der Waals surface area contributed by atoms with Crippen molar-refractivity contribution in [2.24, 2.45) is 0 Å². The first-order chi connectivity index (χ1) is 9.08. The highest BCUT2D eigenvalue weighted by Gasteiger charge is 2.17. The second kappa shape index (κ2) is 5.46. The molecular weight excluding hydrogens is 278 g/mol. The third kappa shape index (κ3) is 2.50. The number of aromatic nitrogens is 2. The van der Waals surface area contributed by atoms with Crippen molar-refractivity contribution < 1.29 is 18.3 Å². The number of hydrogen-bond donors (Lipinski definition) is 1. The molecule has 0 aliphatic rings. The topological polar surface area (TPSA) is 55.0 Å². The number of aldehydes is 1. The van der Waals surface area contributed by atoms with Crippen LogP contribution in [0.1, 0.15) is 16.1 Å². The molecule has 2 rings (SSSR count). The summed E-state index contributed by atoms with van der Waals surface area (Å²) in [5.41, 5.74) is 1.06. The Labute approximate surface area is 112 Å². The molecule has 0 atom stereocenters. The van der Waals surface area contributed by atoms with Gasteiger partial charge in [0.25, 0.3) is 0 Å². The quantitative estimate of drug-likeness (QED) is 0.694. The first-order valence-corrected chi connectivity index (χ1v) is 5.62. The van der Waals surface area contributed by atoms with E-state index in [9.17, 15) is 13.6 Å². The van der Waals surface area contributed by atoms with Crippen molar-refractivity contribution in [2.75, 3.05) is 7.11 Å². The number of benzene rings is 1. The van der Waals surface area contributed by atoms with Crippen molar-refractivity contribution >= 4 is 17.9 Å². The minimum absolute atomic E-state index is 0.0891. The van der Waals surface area contributed by atoms with E-state index in [0.29, 0.717) is 11.8 Å². The van der Waals surface area contributed by atoms with Crippen LogP contribution in [0.5, 0.6) is 0 Å². The number of nitrogens with zero attached hydrogens (tertiary/aromatic N) is 1. The highest BCUT2D eigenvalue weighted by Crippen LogP contribution is 2.29. The number of hydrogen-bond acceptors (Lipinski definition) is 3. The highest BCUT2D eigenvalue weighted by atomic mass is 35.5. The molecule has 2 aromatic rings. The second-order valence-electron chi connectivity index (χ2n) is 3.77. The summed E-state index contributed by atoms with van der Waals surface area (Å²) in [7, 11) is 1.44. The molecular formula is C12H9ClF2N2O2. The molecule has 0 amide bonds. The van der Waals surface area contributed by atoms with Gasteiger partial charge in [0.2, 0.25) is 0 Å². The fourth-order valence-electron chi connectivity index (χ4n) is 1.70. The van der Waals surface area contributed by atoms with Crippen LogP contribution >= 0.6 is 11.6 Å². The third-order valence-corrected chi connectivity index (χ3v) is 2.92. The SMILES string of the molecule is COCc1c(-c2cc(F)c(Cl)c(F)c2)n[nH]c1C=O. The Bertz CT molecular complexity index is 605. The van der Waals surface area contributed by atoms with Gasteiger partial charge in [-0.25, -0.2) is 8.78 Å². The molecule has 7 heteroatoms. The third-order valence-electron chi connectivity index (χ3n) is 2.56. The first-order valence-electron chi connectivity index (χ1n) is 5.24. The number of nitrogens with one attached hydrogen (secondary N) is 1. The fraction of sp³-hybridized carbons (Fsp3) is 0.167. The zero-order chi connectivity index (χ0) is 14.0. The van der Waals surface area contributed by atoms with E-state index in [-0.39, 0.29) is 23.6 Å². The van der Waals surface area contributed by atoms with Crippen LogP contribution in [0.3, 0.4) is 0 Å². The molecule has 100 valence electrons. The van der Waals surface area contributed by atoms with Gasteiger partial charge in [-0.05, 0) is 12.1 Å². The molecule has 0 saturated carbocycles. The summed E-state index contributed by atoms with van der Waals surface area (Å²) in [5.74, 6) is -1.79. The molecule has 1 N–H and O–H groups in total. The molecule has 0 aliphatic carbocycles. The van der Waals surface area contributed by atoms with Crippen molar-refractivity contribution in [1.82, 2.24) is 10.2 Å². The summed E-state index contributed by atoms with van der Waals surface area (Å²) >= 11 is 5.41.